The minimum atomic E-state index is 0.627. The lowest BCUT2D eigenvalue weighted by atomic mass is 10.1. The minimum Gasteiger partial charge on any atom is -0.193 e. The molecule has 0 aliphatic heterocycles. The second-order valence-corrected chi connectivity index (χ2v) is 4.18. The molecule has 0 aliphatic rings. The minimum absolute atomic E-state index is 0.627. The number of aryl methyl sites for hydroxylation is 1. The van der Waals surface area contributed by atoms with E-state index in [1.165, 1.54) is 5.56 Å². The molecule has 1 aromatic rings. The summed E-state index contributed by atoms with van der Waals surface area (Å²) in [5, 5.41) is 11.5. The van der Waals surface area contributed by atoms with Gasteiger partial charge in [-0.3, -0.25) is 0 Å². The molecule has 3 heteroatoms. The van der Waals surface area contributed by atoms with Gasteiger partial charge in [0.15, 0.2) is 0 Å². The summed E-state index contributed by atoms with van der Waals surface area (Å²) in [5.41, 5.74) is 1.89. The highest BCUT2D eigenvalue weighted by Gasteiger charge is 2.10. The van der Waals surface area contributed by atoms with Gasteiger partial charge in [-0.25, -0.2) is 0 Å². The van der Waals surface area contributed by atoms with Gasteiger partial charge < -0.3 is 0 Å². The van der Waals surface area contributed by atoms with Gasteiger partial charge in [0.1, 0.15) is 0 Å². The average Bonchev–Trinajstić information content (AvgIpc) is 2.67. The van der Waals surface area contributed by atoms with Gasteiger partial charge in [-0.05, 0) is 29.9 Å². The molecule has 0 unspecified atom stereocenters. The van der Waals surface area contributed by atoms with Gasteiger partial charge in [0.25, 0.3) is 0 Å². The third kappa shape index (κ3) is 2.17. The first kappa shape index (κ1) is 11.3. The summed E-state index contributed by atoms with van der Waals surface area (Å²) in [6, 6.07) is 4.21. The maximum absolute atomic E-state index is 8.87. The summed E-state index contributed by atoms with van der Waals surface area (Å²) >= 11 is 7.77. The topological polar surface area (TPSA) is 23.8 Å². The van der Waals surface area contributed by atoms with E-state index in [0.717, 1.165) is 11.3 Å². The number of hydrogen-bond donors (Lipinski definition) is 0. The van der Waals surface area contributed by atoms with Crippen LogP contribution in [0.15, 0.2) is 17.0 Å². The van der Waals surface area contributed by atoms with Crippen LogP contribution in [-0.2, 0) is 6.42 Å². The molecule has 0 saturated heterocycles. The van der Waals surface area contributed by atoms with Gasteiger partial charge in [-0.1, -0.05) is 25.4 Å². The van der Waals surface area contributed by atoms with Crippen LogP contribution in [0.4, 0.5) is 0 Å². The van der Waals surface area contributed by atoms with Crippen molar-refractivity contribution in [1.29, 1.82) is 5.26 Å². The molecule has 0 bridgehead atoms. The molecule has 1 aromatic heterocycles. The predicted molar refractivity (Wildman–Crippen MR) is 62.4 cm³/mol. The van der Waals surface area contributed by atoms with E-state index in [2.05, 4.69) is 19.1 Å². The number of hydrogen-bond acceptors (Lipinski definition) is 2. The maximum atomic E-state index is 8.87. The summed E-state index contributed by atoms with van der Waals surface area (Å²) in [6.45, 7) is 4.04. The average molecular weight is 226 g/mol. The molecule has 14 heavy (non-hydrogen) atoms. The van der Waals surface area contributed by atoms with E-state index in [1.54, 1.807) is 11.3 Å². The van der Waals surface area contributed by atoms with Crippen LogP contribution in [0.2, 0.25) is 0 Å². The van der Waals surface area contributed by atoms with Crippen molar-refractivity contribution in [3.05, 3.63) is 27.5 Å². The monoisotopic (exact) mass is 225 g/mol. The Kier molecular flexibility index (Phi) is 4.19. The Morgan fingerprint density at radius 2 is 2.29 bits per heavy atom. The van der Waals surface area contributed by atoms with E-state index < -0.39 is 0 Å². The van der Waals surface area contributed by atoms with Crippen LogP contribution in [0.1, 0.15) is 30.7 Å². The second-order valence-electron chi connectivity index (χ2n) is 2.89. The Morgan fingerprint density at radius 1 is 1.57 bits per heavy atom. The summed E-state index contributed by atoms with van der Waals surface area (Å²) < 4.78 is 0. The van der Waals surface area contributed by atoms with E-state index in [-0.39, 0.29) is 0 Å². The SMILES string of the molecule is CC/C(C#N)=C(/Cl)c1sccc1CC. The van der Waals surface area contributed by atoms with E-state index in [1.807, 2.05) is 12.3 Å². The van der Waals surface area contributed by atoms with Crippen molar-refractivity contribution in [2.75, 3.05) is 0 Å². The molecule has 0 amide bonds. The molecule has 0 radical (unpaired) electrons. The van der Waals surface area contributed by atoms with Crippen LogP contribution >= 0.6 is 22.9 Å². The Labute approximate surface area is 93.6 Å². The van der Waals surface area contributed by atoms with Crippen LogP contribution in [0.25, 0.3) is 5.03 Å². The largest absolute Gasteiger partial charge is 0.193 e. The molecule has 0 fully saturated rings. The summed E-state index contributed by atoms with van der Waals surface area (Å²) in [6.07, 6.45) is 1.65. The van der Waals surface area contributed by atoms with Crippen LogP contribution in [0.3, 0.4) is 0 Å². The number of thiophene rings is 1. The molecule has 0 aromatic carbocycles. The molecule has 0 atom stereocenters. The lowest BCUT2D eigenvalue weighted by molar-refractivity contribution is 1.14. The Bertz CT molecular complexity index is 384. The summed E-state index contributed by atoms with van der Waals surface area (Å²) in [7, 11) is 0. The number of nitrogens with zero attached hydrogens (tertiary/aromatic N) is 1. The van der Waals surface area contributed by atoms with Gasteiger partial charge in [-0.15, -0.1) is 11.3 Å². The zero-order valence-corrected chi connectivity index (χ0v) is 9.87. The molecule has 1 rings (SSSR count). The number of allylic oxidation sites excluding steroid dienone is 1. The first-order valence-corrected chi connectivity index (χ1v) is 5.85. The first-order valence-electron chi connectivity index (χ1n) is 4.60. The lowest BCUT2D eigenvalue weighted by Crippen LogP contribution is -1.85. The fourth-order valence-corrected chi connectivity index (χ4v) is 2.62. The van der Waals surface area contributed by atoms with Crippen LogP contribution in [-0.4, -0.2) is 0 Å². The van der Waals surface area contributed by atoms with E-state index in [4.69, 9.17) is 16.9 Å². The zero-order chi connectivity index (χ0) is 10.6. The fourth-order valence-electron chi connectivity index (χ4n) is 1.23. The van der Waals surface area contributed by atoms with Crippen molar-refractivity contribution in [2.24, 2.45) is 0 Å². The van der Waals surface area contributed by atoms with Crippen LogP contribution in [0, 0.1) is 11.3 Å². The van der Waals surface area contributed by atoms with Gasteiger partial charge in [-0.2, -0.15) is 5.26 Å². The van der Waals surface area contributed by atoms with Crippen LogP contribution < -0.4 is 0 Å². The van der Waals surface area contributed by atoms with Crippen molar-refractivity contribution >= 4 is 28.0 Å². The Balaban J connectivity index is 3.17. The van der Waals surface area contributed by atoms with E-state index in [9.17, 15) is 0 Å². The molecule has 1 heterocycles. The van der Waals surface area contributed by atoms with Gasteiger partial charge in [0, 0.05) is 10.5 Å². The molecule has 0 spiro atoms. The zero-order valence-electron chi connectivity index (χ0n) is 8.30. The molecule has 0 saturated carbocycles. The summed E-state index contributed by atoms with van der Waals surface area (Å²) in [5.74, 6) is 0. The van der Waals surface area contributed by atoms with E-state index in [0.29, 0.717) is 17.0 Å². The third-order valence-corrected chi connectivity index (χ3v) is 3.58. The molecule has 74 valence electrons. The highest BCUT2D eigenvalue weighted by Crippen LogP contribution is 2.32. The Morgan fingerprint density at radius 3 is 2.79 bits per heavy atom. The van der Waals surface area contributed by atoms with Crippen LogP contribution in [0.5, 0.6) is 0 Å². The van der Waals surface area contributed by atoms with Crippen molar-refractivity contribution in [1.82, 2.24) is 0 Å². The standard InChI is InChI=1S/C11H12ClNS/c1-3-8-5-6-14-11(8)10(12)9(4-2)7-13/h5-6H,3-4H2,1-2H3/b10-9-. The third-order valence-electron chi connectivity index (χ3n) is 2.08. The highest BCUT2D eigenvalue weighted by molar-refractivity contribution is 7.12. The van der Waals surface area contributed by atoms with Crippen molar-refractivity contribution in [2.45, 2.75) is 26.7 Å². The van der Waals surface area contributed by atoms with Crippen molar-refractivity contribution in [3.63, 3.8) is 0 Å². The Hall–Kier alpha value is -0.780. The second kappa shape index (κ2) is 5.19. The fraction of sp³-hybridized carbons (Fsp3) is 0.364. The summed E-state index contributed by atoms with van der Waals surface area (Å²) in [4.78, 5) is 1.05. The van der Waals surface area contributed by atoms with Gasteiger partial charge in [0.05, 0.1) is 11.1 Å². The quantitative estimate of drug-likeness (QED) is 0.708. The maximum Gasteiger partial charge on any atom is 0.0963 e. The highest BCUT2D eigenvalue weighted by atomic mass is 35.5. The predicted octanol–water partition coefficient (Wildman–Crippen LogP) is 4.19. The van der Waals surface area contributed by atoms with Gasteiger partial charge in [0.2, 0.25) is 0 Å². The molecule has 0 aliphatic carbocycles. The molecule has 1 nitrogen and oxygen atoms in total. The smallest absolute Gasteiger partial charge is 0.0963 e. The normalized spacial score (nSPS) is 12.1. The number of halogens is 1. The molecular weight excluding hydrogens is 214 g/mol. The van der Waals surface area contributed by atoms with Gasteiger partial charge >= 0.3 is 0 Å². The van der Waals surface area contributed by atoms with E-state index >= 15 is 0 Å². The molecule has 0 N–H and O–H groups in total. The number of nitriles is 1. The first-order chi connectivity index (χ1) is 6.74. The van der Waals surface area contributed by atoms with Crippen molar-refractivity contribution in [3.8, 4) is 6.07 Å². The van der Waals surface area contributed by atoms with Crippen molar-refractivity contribution < 1.29 is 0 Å². The number of rotatable bonds is 3. The lowest BCUT2D eigenvalue weighted by Gasteiger charge is -2.01. The molecular formula is C11H12ClNS.